The van der Waals surface area contributed by atoms with Gasteiger partial charge in [0.1, 0.15) is 29.5 Å². The molecule has 2 amide bonds. The fourth-order valence-electron chi connectivity index (χ4n) is 4.90. The number of methoxy groups -OCH3 is 1. The number of amidine groups is 1. The minimum absolute atomic E-state index is 0.00648. The predicted octanol–water partition coefficient (Wildman–Crippen LogP) is 5.46. The van der Waals surface area contributed by atoms with Crippen molar-refractivity contribution in [3.05, 3.63) is 46.7 Å². The van der Waals surface area contributed by atoms with E-state index in [1.165, 1.54) is 18.1 Å². The number of carbonyl (C=O) groups excluding carboxylic acids is 2. The highest BCUT2D eigenvalue weighted by molar-refractivity contribution is 6.31. The molecule has 208 valence electrons. The van der Waals surface area contributed by atoms with E-state index < -0.39 is 23.1 Å². The van der Waals surface area contributed by atoms with Gasteiger partial charge in [0.15, 0.2) is 5.82 Å². The number of likely N-dealkylation sites (tertiary alicyclic amines) is 1. The van der Waals surface area contributed by atoms with Crippen LogP contribution >= 0.6 is 11.6 Å². The van der Waals surface area contributed by atoms with Gasteiger partial charge in [-0.2, -0.15) is 0 Å². The highest BCUT2D eigenvalue weighted by atomic mass is 35.5. The molecule has 10 nitrogen and oxygen atoms in total. The fraction of sp³-hybridized carbons (Fsp3) is 0.444. The number of nitrogens with zero attached hydrogens (tertiary/aromatic N) is 3. The Hall–Kier alpha value is -3.73. The first-order valence-corrected chi connectivity index (χ1v) is 13.1. The highest BCUT2D eigenvalue weighted by Gasteiger charge is 2.49. The molecule has 0 aliphatic carbocycles. The Morgan fingerprint density at radius 1 is 1.26 bits per heavy atom. The van der Waals surface area contributed by atoms with E-state index in [4.69, 9.17) is 25.8 Å². The summed E-state index contributed by atoms with van der Waals surface area (Å²) in [6, 6.07) is 8.23. The molecule has 5 rings (SSSR count). The molecule has 2 N–H and O–H groups in total. The zero-order valence-corrected chi connectivity index (χ0v) is 23.0. The minimum atomic E-state index is -0.742. The van der Waals surface area contributed by atoms with Crippen LogP contribution in [0.25, 0.3) is 0 Å². The minimum Gasteiger partial charge on any atom is -0.494 e. The molecule has 0 unspecified atom stereocenters. The summed E-state index contributed by atoms with van der Waals surface area (Å²) in [7, 11) is 1.53. The molecule has 0 aromatic heterocycles. The van der Waals surface area contributed by atoms with Crippen LogP contribution in [0.1, 0.15) is 39.2 Å². The van der Waals surface area contributed by atoms with Crippen molar-refractivity contribution >= 4 is 46.7 Å². The third-order valence-corrected chi connectivity index (χ3v) is 7.17. The van der Waals surface area contributed by atoms with E-state index in [0.717, 1.165) is 0 Å². The van der Waals surface area contributed by atoms with Crippen LogP contribution in [0.15, 0.2) is 35.3 Å². The van der Waals surface area contributed by atoms with Crippen LogP contribution in [-0.4, -0.2) is 67.5 Å². The molecule has 0 radical (unpaired) electrons. The van der Waals surface area contributed by atoms with Crippen molar-refractivity contribution in [2.45, 2.75) is 44.8 Å². The lowest BCUT2D eigenvalue weighted by molar-refractivity contribution is -0.0167. The van der Waals surface area contributed by atoms with Crippen molar-refractivity contribution in [1.82, 2.24) is 4.90 Å². The molecule has 39 heavy (non-hydrogen) atoms. The van der Waals surface area contributed by atoms with Crippen LogP contribution < -0.4 is 20.3 Å². The molecule has 2 aromatic carbocycles. The summed E-state index contributed by atoms with van der Waals surface area (Å²) in [6.45, 7) is 6.85. The highest BCUT2D eigenvalue weighted by Crippen LogP contribution is 2.42. The fourth-order valence-corrected chi connectivity index (χ4v) is 5.08. The monoisotopic (exact) mass is 559 g/mol. The van der Waals surface area contributed by atoms with Gasteiger partial charge < -0.3 is 29.7 Å². The zero-order valence-electron chi connectivity index (χ0n) is 22.3. The number of ether oxygens (including phenoxy) is 3. The lowest BCUT2D eigenvalue weighted by Gasteiger charge is -2.37. The quantitative estimate of drug-likeness (QED) is 0.515. The number of fused-ring (bicyclic) bond motifs is 1. The SMILES string of the molecule is COc1cc2c(cc1N1CC3(CCN(C(=O)OC(C)(C)C)CC3)OC1=O)C(Nc1cccc(Cl)c1F)=NCN2. The number of hydrogen-bond acceptors (Lipinski definition) is 8. The van der Waals surface area contributed by atoms with Crippen LogP contribution in [-0.2, 0) is 9.47 Å². The molecule has 3 aliphatic heterocycles. The Morgan fingerprint density at radius 3 is 2.69 bits per heavy atom. The van der Waals surface area contributed by atoms with E-state index in [1.807, 2.05) is 20.8 Å². The largest absolute Gasteiger partial charge is 0.494 e. The molecule has 0 saturated carbocycles. The number of halogens is 2. The zero-order chi connectivity index (χ0) is 27.9. The van der Waals surface area contributed by atoms with Crippen molar-refractivity contribution in [1.29, 1.82) is 0 Å². The maximum Gasteiger partial charge on any atom is 0.415 e. The second-order valence-corrected chi connectivity index (χ2v) is 11.1. The van der Waals surface area contributed by atoms with E-state index in [2.05, 4.69) is 15.6 Å². The van der Waals surface area contributed by atoms with Gasteiger partial charge in [-0.05, 0) is 39.0 Å². The molecular weight excluding hydrogens is 529 g/mol. The van der Waals surface area contributed by atoms with Gasteiger partial charge >= 0.3 is 12.2 Å². The topological polar surface area (TPSA) is 105 Å². The molecule has 2 fully saturated rings. The number of benzene rings is 2. The first kappa shape index (κ1) is 26.9. The Balaban J connectivity index is 1.38. The van der Waals surface area contributed by atoms with Crippen LogP contribution in [0.5, 0.6) is 5.75 Å². The molecular formula is C27H31ClFN5O5. The van der Waals surface area contributed by atoms with Crippen LogP contribution in [0, 0.1) is 5.82 Å². The van der Waals surface area contributed by atoms with Gasteiger partial charge in [0, 0.05) is 37.6 Å². The normalized spacial score (nSPS) is 18.2. The van der Waals surface area contributed by atoms with Crippen LogP contribution in [0.2, 0.25) is 5.02 Å². The van der Waals surface area contributed by atoms with Crippen molar-refractivity contribution in [3.63, 3.8) is 0 Å². The Morgan fingerprint density at radius 2 is 2.00 bits per heavy atom. The van der Waals surface area contributed by atoms with Crippen molar-refractivity contribution < 1.29 is 28.2 Å². The van der Waals surface area contributed by atoms with Crippen molar-refractivity contribution in [2.24, 2.45) is 4.99 Å². The first-order chi connectivity index (χ1) is 18.5. The van der Waals surface area contributed by atoms with Gasteiger partial charge in [-0.3, -0.25) is 4.90 Å². The number of carbonyl (C=O) groups is 2. The van der Waals surface area contributed by atoms with E-state index in [9.17, 15) is 14.0 Å². The Labute approximate surface area is 231 Å². The van der Waals surface area contributed by atoms with Crippen molar-refractivity contribution in [3.8, 4) is 5.75 Å². The van der Waals surface area contributed by atoms with Gasteiger partial charge in [0.2, 0.25) is 0 Å². The van der Waals surface area contributed by atoms with E-state index in [0.29, 0.717) is 61.0 Å². The summed E-state index contributed by atoms with van der Waals surface area (Å²) in [5.74, 6) is 0.303. The Bertz CT molecular complexity index is 1340. The molecule has 12 heteroatoms. The lowest BCUT2D eigenvalue weighted by Crippen LogP contribution is -2.49. The average Bonchev–Trinajstić information content (AvgIpc) is 3.20. The second-order valence-electron chi connectivity index (χ2n) is 10.7. The summed E-state index contributed by atoms with van der Waals surface area (Å²) in [5.41, 5.74) is 0.693. The molecule has 0 atom stereocenters. The number of amides is 2. The summed E-state index contributed by atoms with van der Waals surface area (Å²) < 4.78 is 31.6. The maximum absolute atomic E-state index is 14.6. The number of anilines is 3. The number of piperidine rings is 1. The van der Waals surface area contributed by atoms with E-state index in [1.54, 1.807) is 29.2 Å². The standard InChI is InChI=1S/C27H31ClFN5O5/c1-26(2,3)38-24(35)33-10-8-27(9-11-33)14-34(25(36)39-27)20-12-16-19(13-21(20)37-4)30-15-31-23(16)32-18-7-5-6-17(28)22(18)29/h5-7,12-13,30H,8-11,14-15H2,1-4H3,(H,31,32). The Kier molecular flexibility index (Phi) is 6.96. The van der Waals surface area contributed by atoms with Gasteiger partial charge in [-0.25, -0.2) is 19.0 Å². The summed E-state index contributed by atoms with van der Waals surface area (Å²) >= 11 is 5.95. The summed E-state index contributed by atoms with van der Waals surface area (Å²) in [5, 5.41) is 6.21. The van der Waals surface area contributed by atoms with E-state index >= 15 is 0 Å². The molecule has 3 aliphatic rings. The molecule has 0 bridgehead atoms. The number of aliphatic imine (C=N–C) groups is 1. The predicted molar refractivity (Wildman–Crippen MR) is 147 cm³/mol. The third kappa shape index (κ3) is 5.40. The second kappa shape index (κ2) is 10.1. The molecule has 1 spiro atoms. The van der Waals surface area contributed by atoms with Gasteiger partial charge in [0.05, 0.1) is 35.7 Å². The molecule has 3 heterocycles. The van der Waals surface area contributed by atoms with Gasteiger partial charge in [-0.15, -0.1) is 0 Å². The smallest absolute Gasteiger partial charge is 0.415 e. The van der Waals surface area contributed by atoms with Crippen LogP contribution in [0.4, 0.5) is 31.0 Å². The summed E-state index contributed by atoms with van der Waals surface area (Å²) in [4.78, 5) is 33.3. The maximum atomic E-state index is 14.6. The van der Waals surface area contributed by atoms with E-state index in [-0.39, 0.29) is 23.5 Å². The average molecular weight is 560 g/mol. The number of rotatable bonds is 3. The molecule has 2 aromatic rings. The lowest BCUT2D eigenvalue weighted by atomic mass is 9.91. The van der Waals surface area contributed by atoms with Gasteiger partial charge in [-0.1, -0.05) is 17.7 Å². The number of hydrogen-bond donors (Lipinski definition) is 2. The third-order valence-electron chi connectivity index (χ3n) is 6.87. The number of nitrogens with one attached hydrogen (secondary N) is 2. The van der Waals surface area contributed by atoms with Crippen LogP contribution in [0.3, 0.4) is 0 Å². The summed E-state index contributed by atoms with van der Waals surface area (Å²) in [6.07, 6.45) is 0.0740. The van der Waals surface area contributed by atoms with Crippen molar-refractivity contribution in [2.75, 3.05) is 48.9 Å². The first-order valence-electron chi connectivity index (χ1n) is 12.7. The van der Waals surface area contributed by atoms with Gasteiger partial charge in [0.25, 0.3) is 0 Å². The molecule has 2 saturated heterocycles.